The number of rotatable bonds is 6. The molecule has 1 aromatic rings. The highest BCUT2D eigenvalue weighted by molar-refractivity contribution is 6.04. The highest BCUT2D eigenvalue weighted by Gasteiger charge is 2.30. The van der Waals surface area contributed by atoms with Gasteiger partial charge in [0, 0.05) is 19.4 Å². The number of carbonyl (C=O) groups is 3. The average Bonchev–Trinajstić information content (AvgIpc) is 2.98. The Hall–Kier alpha value is -2.32. The van der Waals surface area contributed by atoms with Gasteiger partial charge in [-0.1, -0.05) is 6.92 Å². The van der Waals surface area contributed by atoms with Crippen molar-refractivity contribution in [2.24, 2.45) is 0 Å². The molecule has 0 spiro atoms. The highest BCUT2D eigenvalue weighted by atomic mass is 16.5. The summed E-state index contributed by atoms with van der Waals surface area (Å²) in [5, 5.41) is 11.0. The smallest absolute Gasteiger partial charge is 0.326 e. The first-order valence-corrected chi connectivity index (χ1v) is 6.35. The van der Waals surface area contributed by atoms with Crippen molar-refractivity contribution in [3.63, 3.8) is 0 Å². The van der Waals surface area contributed by atoms with Crippen LogP contribution in [0.4, 0.5) is 0 Å². The molecule has 2 rings (SSSR count). The molecule has 1 aliphatic rings. The maximum atomic E-state index is 11.6. The summed E-state index contributed by atoms with van der Waals surface area (Å²) in [5.41, 5.74) is 0. The molecule has 0 saturated carbocycles. The summed E-state index contributed by atoms with van der Waals surface area (Å²) in [7, 11) is 0. The molecule has 1 aliphatic heterocycles. The zero-order chi connectivity index (χ0) is 14.5. The molecule has 0 unspecified atom stereocenters. The van der Waals surface area contributed by atoms with Crippen molar-refractivity contribution in [3.8, 4) is 0 Å². The summed E-state index contributed by atoms with van der Waals surface area (Å²) in [6, 6.07) is 0. The third-order valence-electron chi connectivity index (χ3n) is 2.85. The Morgan fingerprint density at radius 3 is 2.65 bits per heavy atom. The normalized spacial score (nSPS) is 14.9. The number of hydrogen-bond acceptors (Lipinski definition) is 7. The van der Waals surface area contributed by atoms with Gasteiger partial charge in [-0.25, -0.2) is 4.68 Å². The van der Waals surface area contributed by atoms with E-state index in [-0.39, 0.29) is 37.8 Å². The standard InChI is InChI=1S/C11H15N5O4/c1-2-5-16-8(12-13-14-16)7-20-11(19)6-15-9(17)3-4-10(15)18/h2-7H2,1H3. The van der Waals surface area contributed by atoms with Gasteiger partial charge in [-0.05, 0) is 16.8 Å². The summed E-state index contributed by atoms with van der Waals surface area (Å²) >= 11 is 0. The number of ether oxygens (including phenoxy) is 1. The Morgan fingerprint density at radius 2 is 2.00 bits per heavy atom. The molecule has 1 aromatic heterocycles. The summed E-state index contributed by atoms with van der Waals surface area (Å²) in [6.45, 7) is 2.17. The van der Waals surface area contributed by atoms with Crippen LogP contribution >= 0.6 is 0 Å². The molecule has 0 atom stereocenters. The molecule has 0 radical (unpaired) electrons. The molecule has 2 amide bonds. The number of carbonyl (C=O) groups excluding carboxylic acids is 3. The van der Waals surface area contributed by atoms with Crippen LogP contribution in [0.5, 0.6) is 0 Å². The third-order valence-corrected chi connectivity index (χ3v) is 2.85. The summed E-state index contributed by atoms with van der Waals surface area (Å²) in [4.78, 5) is 35.2. The SMILES string of the molecule is CCCn1nnnc1COC(=O)CN1C(=O)CCC1=O. The van der Waals surface area contributed by atoms with E-state index in [2.05, 4.69) is 15.5 Å². The molecule has 108 valence electrons. The number of esters is 1. The van der Waals surface area contributed by atoms with E-state index in [9.17, 15) is 14.4 Å². The van der Waals surface area contributed by atoms with Crippen LogP contribution in [0, 0.1) is 0 Å². The van der Waals surface area contributed by atoms with Gasteiger partial charge in [-0.15, -0.1) is 5.10 Å². The average molecular weight is 281 g/mol. The zero-order valence-electron chi connectivity index (χ0n) is 11.1. The van der Waals surface area contributed by atoms with E-state index in [4.69, 9.17) is 4.74 Å². The van der Waals surface area contributed by atoms with Crippen molar-refractivity contribution in [3.05, 3.63) is 5.82 Å². The predicted molar refractivity (Wildman–Crippen MR) is 63.9 cm³/mol. The number of aromatic nitrogens is 4. The number of amides is 2. The summed E-state index contributed by atoms with van der Waals surface area (Å²) in [5.74, 6) is -0.913. The van der Waals surface area contributed by atoms with E-state index in [0.29, 0.717) is 12.4 Å². The van der Waals surface area contributed by atoms with Gasteiger partial charge in [0.05, 0.1) is 0 Å². The van der Waals surface area contributed by atoms with Gasteiger partial charge >= 0.3 is 5.97 Å². The Balaban J connectivity index is 1.84. The van der Waals surface area contributed by atoms with Crippen LogP contribution in [0.2, 0.25) is 0 Å². The van der Waals surface area contributed by atoms with Crippen LogP contribution in [0.15, 0.2) is 0 Å². The first kappa shape index (κ1) is 14.1. The number of nitrogens with zero attached hydrogens (tertiary/aromatic N) is 5. The minimum Gasteiger partial charge on any atom is -0.456 e. The van der Waals surface area contributed by atoms with Crippen LogP contribution in [0.3, 0.4) is 0 Å². The molecule has 0 aliphatic carbocycles. The van der Waals surface area contributed by atoms with Crippen LogP contribution in [-0.4, -0.2) is 49.4 Å². The number of likely N-dealkylation sites (tertiary alicyclic amines) is 1. The first-order chi connectivity index (χ1) is 9.61. The van der Waals surface area contributed by atoms with E-state index >= 15 is 0 Å². The van der Waals surface area contributed by atoms with Gasteiger partial charge < -0.3 is 4.74 Å². The topological polar surface area (TPSA) is 107 Å². The molecule has 1 fully saturated rings. The Bertz CT molecular complexity index is 511. The Labute approximate surface area is 114 Å². The minimum atomic E-state index is -0.653. The van der Waals surface area contributed by atoms with E-state index in [1.54, 1.807) is 4.68 Å². The number of aryl methyl sites for hydroxylation is 1. The van der Waals surface area contributed by atoms with Crippen molar-refractivity contribution in [2.45, 2.75) is 39.3 Å². The van der Waals surface area contributed by atoms with Crippen molar-refractivity contribution < 1.29 is 19.1 Å². The van der Waals surface area contributed by atoms with E-state index in [0.717, 1.165) is 11.3 Å². The monoisotopic (exact) mass is 281 g/mol. The second-order valence-corrected chi connectivity index (χ2v) is 4.35. The fourth-order valence-electron chi connectivity index (χ4n) is 1.83. The first-order valence-electron chi connectivity index (χ1n) is 6.35. The lowest BCUT2D eigenvalue weighted by molar-refractivity contribution is -0.153. The molecule has 1 saturated heterocycles. The third kappa shape index (κ3) is 3.16. The second kappa shape index (κ2) is 6.22. The van der Waals surface area contributed by atoms with Gasteiger partial charge in [0.15, 0.2) is 12.4 Å². The molecule has 9 heteroatoms. The van der Waals surface area contributed by atoms with Crippen LogP contribution in [0.25, 0.3) is 0 Å². The lowest BCUT2D eigenvalue weighted by Gasteiger charge is -2.12. The minimum absolute atomic E-state index is 0.0813. The number of tetrazole rings is 1. The largest absolute Gasteiger partial charge is 0.456 e. The van der Waals surface area contributed by atoms with Crippen molar-refractivity contribution >= 4 is 17.8 Å². The molecule has 2 heterocycles. The Kier molecular flexibility index (Phi) is 4.38. The maximum Gasteiger partial charge on any atom is 0.326 e. The van der Waals surface area contributed by atoms with Crippen LogP contribution in [-0.2, 0) is 32.3 Å². The van der Waals surface area contributed by atoms with Gasteiger partial charge in [0.1, 0.15) is 6.54 Å². The lowest BCUT2D eigenvalue weighted by atomic mass is 10.4. The molecular weight excluding hydrogens is 266 g/mol. The quantitative estimate of drug-likeness (QED) is 0.500. The zero-order valence-corrected chi connectivity index (χ0v) is 11.1. The molecule has 0 N–H and O–H groups in total. The molecule has 0 bridgehead atoms. The van der Waals surface area contributed by atoms with Crippen molar-refractivity contribution in [1.29, 1.82) is 0 Å². The molecule has 0 aromatic carbocycles. The van der Waals surface area contributed by atoms with Crippen molar-refractivity contribution in [2.75, 3.05) is 6.54 Å². The summed E-state index contributed by atoms with van der Waals surface area (Å²) < 4.78 is 6.52. The summed E-state index contributed by atoms with van der Waals surface area (Å²) in [6.07, 6.45) is 1.16. The maximum absolute atomic E-state index is 11.6. The van der Waals surface area contributed by atoms with Crippen LogP contribution < -0.4 is 0 Å². The fourth-order valence-corrected chi connectivity index (χ4v) is 1.83. The van der Waals surface area contributed by atoms with E-state index < -0.39 is 5.97 Å². The van der Waals surface area contributed by atoms with Crippen LogP contribution in [0.1, 0.15) is 32.0 Å². The molecular formula is C11H15N5O4. The fraction of sp³-hybridized carbons (Fsp3) is 0.636. The molecule has 20 heavy (non-hydrogen) atoms. The second-order valence-electron chi connectivity index (χ2n) is 4.35. The number of imide groups is 1. The van der Waals surface area contributed by atoms with Gasteiger partial charge in [-0.2, -0.15) is 0 Å². The predicted octanol–water partition coefficient (Wildman–Crippen LogP) is -0.725. The number of hydrogen-bond donors (Lipinski definition) is 0. The van der Waals surface area contributed by atoms with Crippen molar-refractivity contribution in [1.82, 2.24) is 25.1 Å². The van der Waals surface area contributed by atoms with E-state index in [1.807, 2.05) is 6.92 Å². The highest BCUT2D eigenvalue weighted by Crippen LogP contribution is 2.11. The molecule has 9 nitrogen and oxygen atoms in total. The van der Waals surface area contributed by atoms with Gasteiger partial charge in [0.2, 0.25) is 11.8 Å². The Morgan fingerprint density at radius 1 is 1.30 bits per heavy atom. The van der Waals surface area contributed by atoms with Gasteiger partial charge in [0.25, 0.3) is 0 Å². The van der Waals surface area contributed by atoms with E-state index in [1.165, 1.54) is 0 Å². The van der Waals surface area contributed by atoms with Gasteiger partial charge in [-0.3, -0.25) is 19.3 Å². The lowest BCUT2D eigenvalue weighted by Crippen LogP contribution is -2.35.